The Morgan fingerprint density at radius 1 is 1.23 bits per heavy atom. The van der Waals surface area contributed by atoms with E-state index in [1.807, 2.05) is 0 Å². The summed E-state index contributed by atoms with van der Waals surface area (Å²) >= 11 is 0. The highest BCUT2D eigenvalue weighted by molar-refractivity contribution is 5.69. The minimum atomic E-state index is -0.698. The summed E-state index contributed by atoms with van der Waals surface area (Å²) in [7, 11) is 1.22. The van der Waals surface area contributed by atoms with Gasteiger partial charge < -0.3 is 4.74 Å². The highest BCUT2D eigenvalue weighted by atomic mass is 19.1. The van der Waals surface area contributed by atoms with Gasteiger partial charge in [-0.05, 0) is 25.5 Å². The van der Waals surface area contributed by atoms with Crippen molar-refractivity contribution in [2.75, 3.05) is 7.11 Å². The number of nitro benzene ring substituents is 1. The summed E-state index contributed by atoms with van der Waals surface area (Å²) < 4.78 is 34.3. The molecule has 0 atom stereocenters. The third kappa shape index (κ3) is 2.90. The molecule has 8 heteroatoms. The van der Waals surface area contributed by atoms with Gasteiger partial charge in [-0.3, -0.25) is 14.7 Å². The summed E-state index contributed by atoms with van der Waals surface area (Å²) in [5, 5.41) is 11.6. The predicted molar refractivity (Wildman–Crippen MR) is 91.6 cm³/mol. The van der Waals surface area contributed by atoms with E-state index < -0.39 is 22.2 Å². The quantitative estimate of drug-likeness (QED) is 0.513. The maximum absolute atomic E-state index is 14.0. The maximum atomic E-state index is 14.0. The molecule has 0 aliphatic carbocycles. The van der Waals surface area contributed by atoms with Crippen LogP contribution < -0.4 is 4.74 Å². The van der Waals surface area contributed by atoms with Gasteiger partial charge in [0.25, 0.3) is 0 Å². The third-order valence-electron chi connectivity index (χ3n) is 4.02. The highest BCUT2D eigenvalue weighted by Crippen LogP contribution is 2.37. The molecule has 0 unspecified atom stereocenters. The van der Waals surface area contributed by atoms with Crippen LogP contribution in [-0.4, -0.2) is 21.6 Å². The van der Waals surface area contributed by atoms with E-state index in [2.05, 4.69) is 4.98 Å². The first-order chi connectivity index (χ1) is 12.3. The number of nitrogens with zero attached hydrogens (tertiary/aromatic N) is 3. The first-order valence-corrected chi connectivity index (χ1v) is 7.67. The molecule has 0 bridgehead atoms. The summed E-state index contributed by atoms with van der Waals surface area (Å²) in [6.07, 6.45) is 1.53. The van der Waals surface area contributed by atoms with Crippen molar-refractivity contribution in [3.63, 3.8) is 0 Å². The van der Waals surface area contributed by atoms with Crippen LogP contribution in [0.1, 0.15) is 11.3 Å². The molecule has 0 amide bonds. The van der Waals surface area contributed by atoms with Crippen molar-refractivity contribution in [1.29, 1.82) is 0 Å². The Bertz CT molecular complexity index is 1020. The minimum absolute atomic E-state index is 0.0499. The van der Waals surface area contributed by atoms with Crippen molar-refractivity contribution in [2.45, 2.75) is 13.8 Å². The molecule has 0 spiro atoms. The number of hydrogen-bond acceptors (Lipinski definition) is 4. The first-order valence-electron chi connectivity index (χ1n) is 7.67. The average molecular weight is 359 g/mol. The van der Waals surface area contributed by atoms with Crippen molar-refractivity contribution in [2.24, 2.45) is 0 Å². The van der Waals surface area contributed by atoms with Gasteiger partial charge >= 0.3 is 5.69 Å². The number of aromatic nitrogens is 2. The van der Waals surface area contributed by atoms with Crippen LogP contribution >= 0.6 is 0 Å². The van der Waals surface area contributed by atoms with E-state index in [9.17, 15) is 18.9 Å². The summed E-state index contributed by atoms with van der Waals surface area (Å²) in [5.41, 5.74) is 0.884. The van der Waals surface area contributed by atoms with Crippen molar-refractivity contribution in [3.8, 4) is 22.8 Å². The van der Waals surface area contributed by atoms with Gasteiger partial charge in [-0.1, -0.05) is 12.1 Å². The van der Waals surface area contributed by atoms with Crippen LogP contribution in [0.15, 0.2) is 36.5 Å². The van der Waals surface area contributed by atoms with Crippen LogP contribution in [-0.2, 0) is 0 Å². The number of hydrogen-bond donors (Lipinski definition) is 0. The third-order valence-corrected chi connectivity index (χ3v) is 4.02. The molecule has 26 heavy (non-hydrogen) atoms. The molecule has 1 aromatic heterocycles. The summed E-state index contributed by atoms with van der Waals surface area (Å²) in [5.74, 6) is -1.06. The second-order valence-electron chi connectivity index (χ2n) is 5.72. The van der Waals surface area contributed by atoms with E-state index in [-0.39, 0.29) is 17.3 Å². The number of ether oxygens (including phenoxy) is 1. The SMILES string of the molecule is COc1cc(F)cc(-n2cc(C)nc2-c2cccc(F)c2C)c1[N+](=O)[O-]. The molecule has 1 heterocycles. The lowest BCUT2D eigenvalue weighted by atomic mass is 10.1. The lowest BCUT2D eigenvalue weighted by Crippen LogP contribution is -2.05. The molecule has 0 saturated carbocycles. The number of halogens is 2. The zero-order chi connectivity index (χ0) is 19.0. The van der Waals surface area contributed by atoms with Crippen LogP contribution in [0, 0.1) is 35.6 Å². The zero-order valence-corrected chi connectivity index (χ0v) is 14.3. The van der Waals surface area contributed by atoms with E-state index in [1.54, 1.807) is 19.9 Å². The molecule has 6 nitrogen and oxygen atoms in total. The molecular weight excluding hydrogens is 344 g/mol. The van der Waals surface area contributed by atoms with Gasteiger partial charge in [0.1, 0.15) is 23.1 Å². The molecule has 0 saturated heterocycles. The van der Waals surface area contributed by atoms with Crippen LogP contribution in [0.25, 0.3) is 17.1 Å². The Hall–Kier alpha value is -3.29. The number of rotatable bonds is 4. The fraction of sp³-hybridized carbons (Fsp3) is 0.167. The number of methoxy groups -OCH3 is 1. The monoisotopic (exact) mass is 359 g/mol. The summed E-state index contributed by atoms with van der Waals surface area (Å²) in [6.45, 7) is 3.27. The molecule has 3 rings (SSSR count). The highest BCUT2D eigenvalue weighted by Gasteiger charge is 2.26. The number of nitro groups is 1. The van der Waals surface area contributed by atoms with Gasteiger partial charge in [0, 0.05) is 23.9 Å². The molecule has 2 aromatic carbocycles. The lowest BCUT2D eigenvalue weighted by Gasteiger charge is -2.12. The van der Waals surface area contributed by atoms with Gasteiger partial charge in [0.2, 0.25) is 5.75 Å². The summed E-state index contributed by atoms with van der Waals surface area (Å²) in [6, 6.07) is 6.46. The Morgan fingerprint density at radius 3 is 2.62 bits per heavy atom. The smallest absolute Gasteiger partial charge is 0.334 e. The van der Waals surface area contributed by atoms with Crippen molar-refractivity contribution in [3.05, 3.63) is 69.5 Å². The number of imidazole rings is 1. The standard InChI is InChI=1S/C18H15F2N3O3/c1-10-9-22(18(21-10)13-5-4-6-14(20)11(13)2)15-7-12(19)8-16(26-3)17(15)23(24)25/h4-9H,1-3H3. The van der Waals surface area contributed by atoms with E-state index in [4.69, 9.17) is 4.74 Å². The fourth-order valence-electron chi connectivity index (χ4n) is 2.80. The van der Waals surface area contributed by atoms with Gasteiger partial charge in [0.15, 0.2) is 0 Å². The fourth-order valence-corrected chi connectivity index (χ4v) is 2.80. The van der Waals surface area contributed by atoms with Crippen molar-refractivity contribution in [1.82, 2.24) is 9.55 Å². The Labute approximate surface area is 147 Å². The van der Waals surface area contributed by atoms with E-state index >= 15 is 0 Å². The lowest BCUT2D eigenvalue weighted by molar-refractivity contribution is -0.385. The van der Waals surface area contributed by atoms with E-state index in [0.29, 0.717) is 16.8 Å². The Morgan fingerprint density at radius 2 is 1.96 bits per heavy atom. The normalized spacial score (nSPS) is 10.8. The molecule has 0 radical (unpaired) electrons. The van der Waals surface area contributed by atoms with Crippen LogP contribution in [0.4, 0.5) is 14.5 Å². The van der Waals surface area contributed by atoms with Gasteiger partial charge in [-0.15, -0.1) is 0 Å². The molecule has 0 aliphatic heterocycles. The van der Waals surface area contributed by atoms with Crippen LogP contribution in [0.2, 0.25) is 0 Å². The van der Waals surface area contributed by atoms with Gasteiger partial charge in [-0.2, -0.15) is 0 Å². The first kappa shape index (κ1) is 17.5. The molecular formula is C18H15F2N3O3. The molecule has 0 fully saturated rings. The van der Waals surface area contributed by atoms with E-state index in [1.165, 1.54) is 30.0 Å². The molecule has 3 aromatic rings. The number of benzene rings is 2. The zero-order valence-electron chi connectivity index (χ0n) is 14.3. The molecule has 134 valence electrons. The van der Waals surface area contributed by atoms with Crippen LogP contribution in [0.5, 0.6) is 5.75 Å². The second-order valence-corrected chi connectivity index (χ2v) is 5.72. The minimum Gasteiger partial charge on any atom is -0.490 e. The second kappa shape index (κ2) is 6.55. The predicted octanol–water partition coefficient (Wildman–Crippen LogP) is 4.35. The van der Waals surface area contributed by atoms with Gasteiger partial charge in [0.05, 0.1) is 17.7 Å². The maximum Gasteiger partial charge on any atom is 0.334 e. The average Bonchev–Trinajstić information content (AvgIpc) is 2.97. The molecule has 0 N–H and O–H groups in total. The Kier molecular flexibility index (Phi) is 4.41. The van der Waals surface area contributed by atoms with Crippen LogP contribution in [0.3, 0.4) is 0 Å². The largest absolute Gasteiger partial charge is 0.490 e. The van der Waals surface area contributed by atoms with Gasteiger partial charge in [-0.25, -0.2) is 13.8 Å². The summed E-state index contributed by atoms with van der Waals surface area (Å²) in [4.78, 5) is 15.3. The number of aryl methyl sites for hydroxylation is 1. The molecule has 0 aliphatic rings. The Balaban J connectivity index is 2.35. The van der Waals surface area contributed by atoms with Crippen molar-refractivity contribution < 1.29 is 18.4 Å². The van der Waals surface area contributed by atoms with Crippen molar-refractivity contribution >= 4 is 5.69 Å². The van der Waals surface area contributed by atoms with E-state index in [0.717, 1.165) is 12.1 Å². The topological polar surface area (TPSA) is 70.2 Å².